The highest BCUT2D eigenvalue weighted by Gasteiger charge is 2.26. The SMILES string of the molecule is C[C@@H](CO)NC(=O)C[C@H]1CC=CCCC[C@H](Cc2ccccc2)C(=O)OC[C@H](CCCCNC(=O)OCc2ccccc2)NC1=O. The molecule has 0 bridgehead atoms. The van der Waals surface area contributed by atoms with Crippen molar-refractivity contribution in [2.45, 2.75) is 83.4 Å². The Morgan fingerprint density at radius 2 is 1.72 bits per heavy atom. The molecule has 3 rings (SSSR count). The minimum absolute atomic E-state index is 0.0126. The van der Waals surface area contributed by atoms with E-state index < -0.39 is 24.1 Å². The third kappa shape index (κ3) is 14.3. The smallest absolute Gasteiger partial charge is 0.407 e. The maximum atomic E-state index is 13.5. The van der Waals surface area contributed by atoms with Crippen molar-refractivity contribution >= 4 is 23.9 Å². The molecule has 0 saturated heterocycles. The Morgan fingerprint density at radius 3 is 2.43 bits per heavy atom. The van der Waals surface area contributed by atoms with Crippen LogP contribution in [-0.2, 0) is 36.9 Å². The summed E-state index contributed by atoms with van der Waals surface area (Å²) in [4.78, 5) is 51.4. The fraction of sp³-hybridized carbons (Fsp3) is 0.500. The van der Waals surface area contributed by atoms with Crippen LogP contribution in [0.1, 0.15) is 69.4 Å². The molecule has 10 nitrogen and oxygen atoms in total. The summed E-state index contributed by atoms with van der Waals surface area (Å²) in [5.41, 5.74) is 1.97. The number of hydrogen-bond donors (Lipinski definition) is 4. The fourth-order valence-electron chi connectivity index (χ4n) is 5.25. The number of carbonyl (C=O) groups is 4. The molecule has 10 heteroatoms. The van der Waals surface area contributed by atoms with Crippen LogP contribution in [0.25, 0.3) is 0 Å². The van der Waals surface area contributed by atoms with Gasteiger partial charge in [0.15, 0.2) is 0 Å². The van der Waals surface area contributed by atoms with Gasteiger partial charge in [-0.2, -0.15) is 0 Å². The minimum Gasteiger partial charge on any atom is -0.463 e. The van der Waals surface area contributed by atoms with Gasteiger partial charge in [-0.25, -0.2) is 4.79 Å². The molecule has 0 unspecified atom stereocenters. The summed E-state index contributed by atoms with van der Waals surface area (Å²) in [5, 5.41) is 17.8. The van der Waals surface area contributed by atoms with E-state index in [0.29, 0.717) is 45.1 Å². The summed E-state index contributed by atoms with van der Waals surface area (Å²) in [6, 6.07) is 18.4. The number of esters is 1. The lowest BCUT2D eigenvalue weighted by Crippen LogP contribution is -2.44. The van der Waals surface area contributed by atoms with E-state index >= 15 is 0 Å². The zero-order chi connectivity index (χ0) is 33.0. The summed E-state index contributed by atoms with van der Waals surface area (Å²) >= 11 is 0. The molecule has 4 N–H and O–H groups in total. The maximum Gasteiger partial charge on any atom is 0.407 e. The lowest BCUT2D eigenvalue weighted by molar-refractivity contribution is -0.150. The van der Waals surface area contributed by atoms with Crippen LogP contribution in [0.15, 0.2) is 72.8 Å². The average Bonchev–Trinajstić information content (AvgIpc) is 3.06. The van der Waals surface area contributed by atoms with E-state index in [1.165, 1.54) is 0 Å². The number of unbranched alkanes of at least 4 members (excludes halogenated alkanes) is 1. The molecule has 1 heterocycles. The summed E-state index contributed by atoms with van der Waals surface area (Å²) in [6.45, 7) is 2.09. The minimum atomic E-state index is -0.616. The molecule has 0 aliphatic carbocycles. The van der Waals surface area contributed by atoms with Crippen LogP contribution < -0.4 is 16.0 Å². The van der Waals surface area contributed by atoms with Crippen LogP contribution in [0, 0.1) is 11.8 Å². The van der Waals surface area contributed by atoms with Crippen LogP contribution in [0.4, 0.5) is 4.79 Å². The number of alkyl carbamates (subject to hydrolysis) is 1. The summed E-state index contributed by atoms with van der Waals surface area (Å²) in [7, 11) is 0. The van der Waals surface area contributed by atoms with Crippen molar-refractivity contribution in [1.82, 2.24) is 16.0 Å². The van der Waals surface area contributed by atoms with Gasteiger partial charge in [0.05, 0.1) is 24.5 Å². The third-order valence-corrected chi connectivity index (χ3v) is 7.89. The number of cyclic esters (lactones) is 1. The lowest BCUT2D eigenvalue weighted by atomic mass is 9.93. The van der Waals surface area contributed by atoms with Crippen molar-refractivity contribution in [3.63, 3.8) is 0 Å². The largest absolute Gasteiger partial charge is 0.463 e. The molecule has 1 aliphatic heterocycles. The number of rotatable bonds is 13. The summed E-state index contributed by atoms with van der Waals surface area (Å²) < 4.78 is 11.1. The highest BCUT2D eigenvalue weighted by atomic mass is 16.5. The second-order valence-corrected chi connectivity index (χ2v) is 11.9. The van der Waals surface area contributed by atoms with Crippen molar-refractivity contribution in [2.24, 2.45) is 11.8 Å². The predicted octanol–water partition coefficient (Wildman–Crippen LogP) is 4.60. The quantitative estimate of drug-likeness (QED) is 0.143. The number of ether oxygens (including phenoxy) is 2. The monoisotopic (exact) mass is 635 g/mol. The highest BCUT2D eigenvalue weighted by molar-refractivity contribution is 5.86. The molecule has 0 fully saturated rings. The van der Waals surface area contributed by atoms with E-state index in [2.05, 4.69) is 16.0 Å². The Hall–Kier alpha value is -4.18. The maximum absolute atomic E-state index is 13.5. The first-order valence-corrected chi connectivity index (χ1v) is 16.3. The second-order valence-electron chi connectivity index (χ2n) is 11.9. The van der Waals surface area contributed by atoms with E-state index in [4.69, 9.17) is 9.47 Å². The van der Waals surface area contributed by atoms with Crippen LogP contribution in [-0.4, -0.2) is 60.8 Å². The van der Waals surface area contributed by atoms with E-state index in [0.717, 1.165) is 24.0 Å². The van der Waals surface area contributed by atoms with Gasteiger partial charge >= 0.3 is 12.1 Å². The zero-order valence-corrected chi connectivity index (χ0v) is 26.8. The molecule has 250 valence electrons. The molecule has 46 heavy (non-hydrogen) atoms. The van der Waals surface area contributed by atoms with Crippen LogP contribution in [0.3, 0.4) is 0 Å². The standard InChI is InChI=1S/C36H49N3O7/c1-27(24-40)38-33(41)23-30-18-10-2-3-11-19-31(22-28-14-6-4-7-15-28)35(43)45-26-32(39-34(30)42)20-12-13-21-37-36(44)46-25-29-16-8-5-9-17-29/h2,4-10,14-17,27,30-32,40H,3,11-13,18-26H2,1H3,(H,37,44)(H,38,41)(H,39,42)/t27-,30+,31+,32-/m0/s1. The van der Waals surface area contributed by atoms with E-state index in [1.54, 1.807) is 6.92 Å². The topological polar surface area (TPSA) is 143 Å². The Morgan fingerprint density at radius 1 is 1.00 bits per heavy atom. The van der Waals surface area contributed by atoms with Gasteiger partial charge < -0.3 is 30.5 Å². The Balaban J connectivity index is 1.60. The van der Waals surface area contributed by atoms with Gasteiger partial charge in [-0.05, 0) is 69.4 Å². The zero-order valence-electron chi connectivity index (χ0n) is 26.8. The number of aliphatic hydroxyl groups is 1. The van der Waals surface area contributed by atoms with Crippen LogP contribution in [0.5, 0.6) is 0 Å². The molecule has 1 aliphatic rings. The van der Waals surface area contributed by atoms with Crippen molar-refractivity contribution in [2.75, 3.05) is 19.8 Å². The highest BCUT2D eigenvalue weighted by Crippen LogP contribution is 2.20. The number of amides is 3. The first-order valence-electron chi connectivity index (χ1n) is 16.3. The summed E-state index contributed by atoms with van der Waals surface area (Å²) in [6.07, 6.45) is 8.37. The van der Waals surface area contributed by atoms with Crippen molar-refractivity contribution < 1.29 is 33.8 Å². The molecular formula is C36H49N3O7. The molecule has 3 amide bonds. The number of allylic oxidation sites excluding steroid dienone is 2. The lowest BCUT2D eigenvalue weighted by Gasteiger charge is -2.24. The average molecular weight is 636 g/mol. The van der Waals surface area contributed by atoms with Crippen molar-refractivity contribution in [3.8, 4) is 0 Å². The number of benzene rings is 2. The molecule has 2 aromatic rings. The molecular weight excluding hydrogens is 586 g/mol. The van der Waals surface area contributed by atoms with Crippen LogP contribution >= 0.6 is 0 Å². The fourth-order valence-corrected chi connectivity index (χ4v) is 5.25. The molecule has 0 aromatic heterocycles. The van der Waals surface area contributed by atoms with E-state index in [1.807, 2.05) is 72.8 Å². The number of carbonyl (C=O) groups excluding carboxylic acids is 4. The molecule has 0 saturated carbocycles. The Bertz CT molecular complexity index is 1240. The molecule has 0 radical (unpaired) electrons. The first kappa shape index (κ1) is 36.3. The molecule has 4 atom stereocenters. The third-order valence-electron chi connectivity index (χ3n) is 7.89. The van der Waals surface area contributed by atoms with Gasteiger partial charge in [0.25, 0.3) is 0 Å². The number of hydrogen-bond acceptors (Lipinski definition) is 7. The molecule has 2 aromatic carbocycles. The normalized spacial score (nSPS) is 20.0. The first-order chi connectivity index (χ1) is 22.3. The second kappa shape index (κ2) is 20.8. The summed E-state index contributed by atoms with van der Waals surface area (Å²) in [5.74, 6) is -1.81. The number of aliphatic hydroxyl groups excluding tert-OH is 1. The van der Waals surface area contributed by atoms with Crippen molar-refractivity contribution in [1.29, 1.82) is 0 Å². The predicted molar refractivity (Wildman–Crippen MR) is 175 cm³/mol. The Kier molecular flexibility index (Phi) is 16.4. The van der Waals surface area contributed by atoms with E-state index in [-0.39, 0.29) is 49.9 Å². The van der Waals surface area contributed by atoms with Gasteiger partial charge in [0, 0.05) is 19.0 Å². The molecule has 0 spiro atoms. The van der Waals surface area contributed by atoms with E-state index in [9.17, 15) is 24.3 Å². The van der Waals surface area contributed by atoms with Crippen molar-refractivity contribution in [3.05, 3.63) is 83.9 Å². The van der Waals surface area contributed by atoms with Gasteiger partial charge in [-0.15, -0.1) is 0 Å². The van der Waals surface area contributed by atoms with Gasteiger partial charge in [-0.3, -0.25) is 14.4 Å². The number of nitrogens with one attached hydrogen (secondary N) is 3. The van der Waals surface area contributed by atoms with Gasteiger partial charge in [0.2, 0.25) is 11.8 Å². The van der Waals surface area contributed by atoms with Gasteiger partial charge in [-0.1, -0.05) is 72.8 Å². The Labute approximate surface area is 272 Å². The van der Waals surface area contributed by atoms with Gasteiger partial charge in [0.1, 0.15) is 13.2 Å². The van der Waals surface area contributed by atoms with Crippen LogP contribution in [0.2, 0.25) is 0 Å².